The molecule has 1 saturated heterocycles. The lowest BCUT2D eigenvalue weighted by Gasteiger charge is -2.09. The molecule has 1 aliphatic heterocycles. The van der Waals surface area contributed by atoms with E-state index in [1.54, 1.807) is 0 Å². The number of rotatable bonds is 2. The molecule has 2 heterocycles. The Kier molecular flexibility index (Phi) is 2.29. The van der Waals surface area contributed by atoms with Gasteiger partial charge in [0, 0.05) is 25.0 Å². The van der Waals surface area contributed by atoms with E-state index in [4.69, 9.17) is 0 Å². The first kappa shape index (κ1) is 9.66. The molecule has 0 spiro atoms. The maximum atomic E-state index is 4.53. The number of fused-ring (bicyclic) bond motifs is 1. The van der Waals surface area contributed by atoms with Crippen molar-refractivity contribution in [2.75, 3.05) is 18.4 Å². The lowest BCUT2D eigenvalue weighted by molar-refractivity contribution is 0.760. The van der Waals surface area contributed by atoms with Gasteiger partial charge in [-0.05, 0) is 25.1 Å². The van der Waals surface area contributed by atoms with E-state index >= 15 is 0 Å². The van der Waals surface area contributed by atoms with Gasteiger partial charge in [0.1, 0.15) is 0 Å². The largest absolute Gasteiger partial charge is 0.364 e. The maximum Gasteiger partial charge on any atom is 0.156 e. The van der Waals surface area contributed by atoms with E-state index in [1.807, 2.05) is 17.8 Å². The monoisotopic (exact) mass is 216 g/mol. The Bertz CT molecular complexity index is 497. The number of anilines is 1. The first-order valence-corrected chi connectivity index (χ1v) is 5.73. The summed E-state index contributed by atoms with van der Waals surface area (Å²) in [6, 6.07) is 8.83. The number of para-hydroxylation sites is 1. The summed E-state index contributed by atoms with van der Waals surface area (Å²) >= 11 is 0. The standard InChI is InChI=1S/C12H16N4/c1-16-11-5-3-2-4-10(11)12(15-16)14-9-6-7-13-8-9/h2-5,9,13H,6-8H2,1H3,(H,14,15). The first-order valence-electron chi connectivity index (χ1n) is 5.73. The highest BCUT2D eigenvalue weighted by molar-refractivity contribution is 5.90. The van der Waals surface area contributed by atoms with E-state index in [2.05, 4.69) is 33.9 Å². The topological polar surface area (TPSA) is 41.9 Å². The van der Waals surface area contributed by atoms with Crippen LogP contribution in [0.15, 0.2) is 24.3 Å². The van der Waals surface area contributed by atoms with Crippen molar-refractivity contribution in [3.05, 3.63) is 24.3 Å². The number of nitrogens with zero attached hydrogens (tertiary/aromatic N) is 2. The van der Waals surface area contributed by atoms with Gasteiger partial charge < -0.3 is 10.6 Å². The Morgan fingerprint density at radius 3 is 3.12 bits per heavy atom. The quantitative estimate of drug-likeness (QED) is 0.796. The molecule has 1 aromatic heterocycles. The van der Waals surface area contributed by atoms with Crippen molar-refractivity contribution in [1.82, 2.24) is 15.1 Å². The number of hydrogen-bond donors (Lipinski definition) is 2. The summed E-state index contributed by atoms with van der Waals surface area (Å²) in [7, 11) is 1.99. The van der Waals surface area contributed by atoms with E-state index in [1.165, 1.54) is 17.3 Å². The Morgan fingerprint density at radius 2 is 2.31 bits per heavy atom. The molecule has 0 aliphatic carbocycles. The molecule has 0 bridgehead atoms. The van der Waals surface area contributed by atoms with Gasteiger partial charge in [0.25, 0.3) is 0 Å². The van der Waals surface area contributed by atoms with Crippen LogP contribution in [0, 0.1) is 0 Å². The fraction of sp³-hybridized carbons (Fsp3) is 0.417. The second-order valence-corrected chi connectivity index (χ2v) is 4.32. The predicted molar refractivity (Wildman–Crippen MR) is 65.6 cm³/mol. The molecular weight excluding hydrogens is 200 g/mol. The van der Waals surface area contributed by atoms with Gasteiger partial charge >= 0.3 is 0 Å². The van der Waals surface area contributed by atoms with Crippen molar-refractivity contribution in [2.24, 2.45) is 7.05 Å². The Labute approximate surface area is 94.6 Å². The van der Waals surface area contributed by atoms with Crippen LogP contribution in [-0.4, -0.2) is 28.9 Å². The number of aromatic nitrogens is 2. The second-order valence-electron chi connectivity index (χ2n) is 4.32. The van der Waals surface area contributed by atoms with Crippen molar-refractivity contribution in [2.45, 2.75) is 12.5 Å². The van der Waals surface area contributed by atoms with Gasteiger partial charge in [0.15, 0.2) is 5.82 Å². The van der Waals surface area contributed by atoms with Gasteiger partial charge in [-0.2, -0.15) is 5.10 Å². The molecule has 3 rings (SSSR count). The van der Waals surface area contributed by atoms with Gasteiger partial charge in [-0.3, -0.25) is 4.68 Å². The van der Waals surface area contributed by atoms with Crippen LogP contribution in [0.1, 0.15) is 6.42 Å². The van der Waals surface area contributed by atoms with Crippen LogP contribution < -0.4 is 10.6 Å². The smallest absolute Gasteiger partial charge is 0.156 e. The highest BCUT2D eigenvalue weighted by atomic mass is 15.3. The second kappa shape index (κ2) is 3.79. The van der Waals surface area contributed by atoms with E-state index in [-0.39, 0.29) is 0 Å². The molecule has 4 nitrogen and oxygen atoms in total. The average molecular weight is 216 g/mol. The number of benzene rings is 1. The normalized spacial score (nSPS) is 20.4. The van der Waals surface area contributed by atoms with Crippen molar-refractivity contribution in [3.8, 4) is 0 Å². The van der Waals surface area contributed by atoms with E-state index in [9.17, 15) is 0 Å². The van der Waals surface area contributed by atoms with Crippen LogP contribution in [0.4, 0.5) is 5.82 Å². The Hall–Kier alpha value is -1.55. The third-order valence-electron chi connectivity index (χ3n) is 3.16. The number of nitrogens with one attached hydrogen (secondary N) is 2. The van der Waals surface area contributed by atoms with E-state index in [0.29, 0.717) is 6.04 Å². The first-order chi connectivity index (χ1) is 7.84. The zero-order chi connectivity index (χ0) is 11.0. The summed E-state index contributed by atoms with van der Waals surface area (Å²) in [6.45, 7) is 2.13. The summed E-state index contributed by atoms with van der Waals surface area (Å²) in [5.74, 6) is 1.01. The maximum absolute atomic E-state index is 4.53. The molecule has 0 radical (unpaired) electrons. The molecule has 0 saturated carbocycles. The van der Waals surface area contributed by atoms with Crippen molar-refractivity contribution < 1.29 is 0 Å². The van der Waals surface area contributed by atoms with Crippen LogP contribution in [0.5, 0.6) is 0 Å². The third-order valence-corrected chi connectivity index (χ3v) is 3.16. The highest BCUT2D eigenvalue weighted by Gasteiger charge is 2.16. The van der Waals surface area contributed by atoms with Crippen LogP contribution in [0.2, 0.25) is 0 Å². The van der Waals surface area contributed by atoms with Crippen molar-refractivity contribution >= 4 is 16.7 Å². The molecule has 1 aliphatic rings. The van der Waals surface area contributed by atoms with E-state index < -0.39 is 0 Å². The predicted octanol–water partition coefficient (Wildman–Crippen LogP) is 1.35. The molecule has 1 aromatic carbocycles. The van der Waals surface area contributed by atoms with E-state index in [0.717, 1.165) is 18.9 Å². The molecule has 0 amide bonds. The molecule has 84 valence electrons. The molecule has 1 unspecified atom stereocenters. The summed E-state index contributed by atoms with van der Waals surface area (Å²) in [5, 5.41) is 12.6. The van der Waals surface area contributed by atoms with Gasteiger partial charge in [-0.25, -0.2) is 0 Å². The van der Waals surface area contributed by atoms with Gasteiger partial charge in [-0.1, -0.05) is 12.1 Å². The van der Waals surface area contributed by atoms with Gasteiger partial charge in [0.05, 0.1) is 5.52 Å². The SMILES string of the molecule is Cn1nc(NC2CCNC2)c2ccccc21. The van der Waals surface area contributed by atoms with Crippen LogP contribution in [-0.2, 0) is 7.05 Å². The zero-order valence-corrected chi connectivity index (χ0v) is 9.40. The molecule has 16 heavy (non-hydrogen) atoms. The Balaban J connectivity index is 1.96. The third kappa shape index (κ3) is 1.55. The minimum absolute atomic E-state index is 0.512. The highest BCUT2D eigenvalue weighted by Crippen LogP contribution is 2.22. The molecule has 4 heteroatoms. The molecule has 2 N–H and O–H groups in total. The van der Waals surface area contributed by atoms with Crippen LogP contribution in [0.25, 0.3) is 10.9 Å². The molecule has 2 aromatic rings. The number of hydrogen-bond acceptors (Lipinski definition) is 3. The summed E-state index contributed by atoms with van der Waals surface area (Å²) in [5.41, 5.74) is 1.18. The van der Waals surface area contributed by atoms with Crippen LogP contribution in [0.3, 0.4) is 0 Å². The van der Waals surface area contributed by atoms with Gasteiger partial charge in [0.2, 0.25) is 0 Å². The average Bonchev–Trinajstić information content (AvgIpc) is 2.90. The lowest BCUT2D eigenvalue weighted by Crippen LogP contribution is -2.22. The molecular formula is C12H16N4. The lowest BCUT2D eigenvalue weighted by atomic mass is 10.2. The fourth-order valence-electron chi connectivity index (χ4n) is 2.29. The fourth-order valence-corrected chi connectivity index (χ4v) is 2.29. The zero-order valence-electron chi connectivity index (χ0n) is 9.40. The number of aryl methyl sites for hydroxylation is 1. The summed E-state index contributed by atoms with van der Waals surface area (Å²) in [4.78, 5) is 0. The van der Waals surface area contributed by atoms with Crippen molar-refractivity contribution in [3.63, 3.8) is 0 Å². The van der Waals surface area contributed by atoms with Crippen molar-refractivity contribution in [1.29, 1.82) is 0 Å². The molecule has 1 fully saturated rings. The van der Waals surface area contributed by atoms with Crippen LogP contribution >= 0.6 is 0 Å². The van der Waals surface area contributed by atoms with Gasteiger partial charge in [-0.15, -0.1) is 0 Å². The molecule has 1 atom stereocenters. The summed E-state index contributed by atoms with van der Waals surface area (Å²) < 4.78 is 1.93. The minimum Gasteiger partial charge on any atom is -0.364 e. The summed E-state index contributed by atoms with van der Waals surface area (Å²) in [6.07, 6.45) is 1.17. The Morgan fingerprint density at radius 1 is 1.44 bits per heavy atom. The minimum atomic E-state index is 0.512.